The van der Waals surface area contributed by atoms with Gasteiger partial charge in [-0.25, -0.2) is 0 Å². The van der Waals surface area contributed by atoms with Crippen LogP contribution < -0.4 is 0 Å². The number of hydrogen-bond acceptors (Lipinski definition) is 0. The lowest BCUT2D eigenvalue weighted by molar-refractivity contribution is 0.616. The highest BCUT2D eigenvalue weighted by Gasteiger charge is 2.36. The van der Waals surface area contributed by atoms with Gasteiger partial charge in [-0.15, -0.1) is 0 Å². The topological polar surface area (TPSA) is 0 Å². The van der Waals surface area contributed by atoms with Crippen molar-refractivity contribution in [3.05, 3.63) is 59.7 Å². The van der Waals surface area contributed by atoms with E-state index in [0.29, 0.717) is 0 Å². The third-order valence-electron chi connectivity index (χ3n) is 4.53. The van der Waals surface area contributed by atoms with Gasteiger partial charge in [-0.3, -0.25) is 0 Å². The van der Waals surface area contributed by atoms with E-state index in [9.17, 15) is 0 Å². The average Bonchev–Trinajstić information content (AvgIpc) is 2.89. The molecule has 0 heterocycles. The number of fused-ring (bicyclic) bond motifs is 6. The lowest BCUT2D eigenvalue weighted by Crippen LogP contribution is -2.12. The summed E-state index contributed by atoms with van der Waals surface area (Å²) in [4.78, 5) is 0. The molecule has 0 radical (unpaired) electrons. The van der Waals surface area contributed by atoms with Gasteiger partial charge in [0.25, 0.3) is 0 Å². The molecule has 2 unspecified atom stereocenters. The SMILES string of the molecule is c1ccc2c(c1)-c1ccccc1C1CCCC21. The van der Waals surface area contributed by atoms with E-state index in [0.717, 1.165) is 11.8 Å². The molecule has 2 aromatic carbocycles. The summed E-state index contributed by atoms with van der Waals surface area (Å²) in [5, 5.41) is 0. The first-order chi connectivity index (χ1) is 8.45. The van der Waals surface area contributed by atoms with Crippen LogP contribution in [0.5, 0.6) is 0 Å². The molecule has 0 spiro atoms. The zero-order valence-electron chi connectivity index (χ0n) is 9.89. The van der Waals surface area contributed by atoms with Gasteiger partial charge in [0.1, 0.15) is 0 Å². The van der Waals surface area contributed by atoms with Crippen molar-refractivity contribution in [3.8, 4) is 11.1 Å². The number of benzene rings is 2. The highest BCUT2D eigenvalue weighted by Crippen LogP contribution is 2.54. The first-order valence-electron chi connectivity index (χ1n) is 6.63. The van der Waals surface area contributed by atoms with Crippen molar-refractivity contribution in [2.24, 2.45) is 0 Å². The summed E-state index contributed by atoms with van der Waals surface area (Å²) in [6, 6.07) is 18.0. The monoisotopic (exact) mass is 220 g/mol. The Morgan fingerprint density at radius 3 is 1.65 bits per heavy atom. The molecular formula is C17H16. The highest BCUT2D eigenvalue weighted by molar-refractivity contribution is 5.75. The van der Waals surface area contributed by atoms with Gasteiger partial charge in [0.2, 0.25) is 0 Å². The van der Waals surface area contributed by atoms with E-state index in [1.54, 1.807) is 11.1 Å². The minimum Gasteiger partial charge on any atom is -0.0619 e. The molecule has 0 aliphatic heterocycles. The van der Waals surface area contributed by atoms with Crippen molar-refractivity contribution >= 4 is 0 Å². The normalized spacial score (nSPS) is 24.9. The van der Waals surface area contributed by atoms with Crippen LogP contribution in [0.4, 0.5) is 0 Å². The largest absolute Gasteiger partial charge is 0.0619 e. The van der Waals surface area contributed by atoms with E-state index in [4.69, 9.17) is 0 Å². The van der Waals surface area contributed by atoms with Crippen LogP contribution in [0.25, 0.3) is 11.1 Å². The number of hydrogen-bond donors (Lipinski definition) is 0. The molecular weight excluding hydrogens is 204 g/mol. The predicted octanol–water partition coefficient (Wildman–Crippen LogP) is 4.72. The molecule has 0 aromatic heterocycles. The van der Waals surface area contributed by atoms with Gasteiger partial charge in [-0.2, -0.15) is 0 Å². The van der Waals surface area contributed by atoms with Crippen LogP contribution in [0.3, 0.4) is 0 Å². The zero-order chi connectivity index (χ0) is 11.2. The lowest BCUT2D eigenvalue weighted by atomic mass is 9.73. The fourth-order valence-electron chi connectivity index (χ4n) is 3.84. The summed E-state index contributed by atoms with van der Waals surface area (Å²) in [7, 11) is 0. The molecule has 0 bridgehead atoms. The minimum absolute atomic E-state index is 0.779. The van der Waals surface area contributed by atoms with Crippen molar-refractivity contribution in [2.45, 2.75) is 31.1 Å². The van der Waals surface area contributed by atoms with E-state index >= 15 is 0 Å². The van der Waals surface area contributed by atoms with E-state index in [1.807, 2.05) is 0 Å². The summed E-state index contributed by atoms with van der Waals surface area (Å²) in [6.45, 7) is 0. The second-order valence-electron chi connectivity index (χ2n) is 5.32. The molecule has 1 saturated carbocycles. The quantitative estimate of drug-likeness (QED) is 0.602. The van der Waals surface area contributed by atoms with Gasteiger partial charge in [-0.05, 0) is 46.9 Å². The highest BCUT2D eigenvalue weighted by atomic mass is 14.4. The predicted molar refractivity (Wildman–Crippen MR) is 71.2 cm³/mol. The Kier molecular flexibility index (Phi) is 1.93. The van der Waals surface area contributed by atoms with Crippen LogP contribution in [0.2, 0.25) is 0 Å². The van der Waals surface area contributed by atoms with Crippen molar-refractivity contribution in [2.75, 3.05) is 0 Å². The van der Waals surface area contributed by atoms with E-state index in [1.165, 1.54) is 30.4 Å². The van der Waals surface area contributed by atoms with Gasteiger partial charge in [0.15, 0.2) is 0 Å². The molecule has 1 fully saturated rings. The number of rotatable bonds is 0. The Morgan fingerprint density at radius 2 is 1.12 bits per heavy atom. The summed E-state index contributed by atoms with van der Waals surface area (Å²) in [5.74, 6) is 1.56. The van der Waals surface area contributed by atoms with Crippen molar-refractivity contribution < 1.29 is 0 Å². The smallest absolute Gasteiger partial charge is 0.00867 e. The lowest BCUT2D eigenvalue weighted by Gasteiger charge is -2.30. The molecule has 0 nitrogen and oxygen atoms in total. The Hall–Kier alpha value is -1.56. The fraction of sp³-hybridized carbons (Fsp3) is 0.294. The second-order valence-corrected chi connectivity index (χ2v) is 5.32. The fourth-order valence-corrected chi connectivity index (χ4v) is 3.84. The molecule has 0 saturated heterocycles. The molecule has 2 aliphatic carbocycles. The maximum absolute atomic E-state index is 2.34. The standard InChI is InChI=1S/C17H16/c1-3-8-14-12(6-1)13-7-2-4-9-15(13)17-11-5-10-16(14)17/h1-4,6-9,16-17H,5,10-11H2. The Bertz CT molecular complexity index is 516. The third-order valence-corrected chi connectivity index (χ3v) is 4.53. The van der Waals surface area contributed by atoms with Gasteiger partial charge in [-0.1, -0.05) is 55.0 Å². The van der Waals surface area contributed by atoms with E-state index < -0.39 is 0 Å². The van der Waals surface area contributed by atoms with Crippen molar-refractivity contribution in [1.29, 1.82) is 0 Å². The molecule has 0 amide bonds. The van der Waals surface area contributed by atoms with Gasteiger partial charge >= 0.3 is 0 Å². The zero-order valence-corrected chi connectivity index (χ0v) is 9.89. The van der Waals surface area contributed by atoms with Crippen LogP contribution in [-0.2, 0) is 0 Å². The van der Waals surface area contributed by atoms with Crippen LogP contribution >= 0.6 is 0 Å². The third kappa shape index (κ3) is 1.24. The molecule has 2 atom stereocenters. The average molecular weight is 220 g/mol. The Morgan fingerprint density at radius 1 is 0.647 bits per heavy atom. The Balaban J connectivity index is 2.04. The van der Waals surface area contributed by atoms with Gasteiger partial charge in [0, 0.05) is 0 Å². The molecule has 0 N–H and O–H groups in total. The molecule has 17 heavy (non-hydrogen) atoms. The molecule has 2 aromatic rings. The molecule has 84 valence electrons. The second kappa shape index (κ2) is 3.46. The molecule has 2 aliphatic rings. The first-order valence-corrected chi connectivity index (χ1v) is 6.63. The summed E-state index contributed by atoms with van der Waals surface area (Å²) < 4.78 is 0. The Labute approximate surface area is 102 Å². The van der Waals surface area contributed by atoms with Gasteiger partial charge in [0.05, 0.1) is 0 Å². The minimum atomic E-state index is 0.779. The van der Waals surface area contributed by atoms with Crippen LogP contribution in [0, 0.1) is 0 Å². The van der Waals surface area contributed by atoms with Crippen LogP contribution in [0.15, 0.2) is 48.5 Å². The van der Waals surface area contributed by atoms with Crippen LogP contribution in [0.1, 0.15) is 42.2 Å². The van der Waals surface area contributed by atoms with Crippen LogP contribution in [-0.4, -0.2) is 0 Å². The summed E-state index contributed by atoms with van der Waals surface area (Å²) >= 11 is 0. The van der Waals surface area contributed by atoms with E-state index in [-0.39, 0.29) is 0 Å². The van der Waals surface area contributed by atoms with E-state index in [2.05, 4.69) is 48.5 Å². The first kappa shape index (κ1) is 9.47. The maximum atomic E-state index is 2.34. The van der Waals surface area contributed by atoms with Gasteiger partial charge < -0.3 is 0 Å². The van der Waals surface area contributed by atoms with Crippen molar-refractivity contribution in [3.63, 3.8) is 0 Å². The summed E-state index contributed by atoms with van der Waals surface area (Å²) in [5.41, 5.74) is 6.14. The maximum Gasteiger partial charge on any atom is -0.00867 e. The molecule has 0 heteroatoms. The summed E-state index contributed by atoms with van der Waals surface area (Å²) in [6.07, 6.45) is 4.13. The molecule has 4 rings (SSSR count). The van der Waals surface area contributed by atoms with Crippen molar-refractivity contribution in [1.82, 2.24) is 0 Å².